The summed E-state index contributed by atoms with van der Waals surface area (Å²) >= 11 is 8.18. The molecule has 27 heavy (non-hydrogen) atoms. The molecule has 1 aromatic carbocycles. The van der Waals surface area contributed by atoms with Crippen LogP contribution in [0, 0.1) is 0 Å². The lowest BCUT2D eigenvalue weighted by molar-refractivity contribution is -0.141. The van der Waals surface area contributed by atoms with Crippen molar-refractivity contribution >= 4 is 48.9 Å². The Morgan fingerprint density at radius 2 is 1.78 bits per heavy atom. The molecule has 148 valence electrons. The van der Waals surface area contributed by atoms with Gasteiger partial charge in [0, 0.05) is 12.1 Å². The van der Waals surface area contributed by atoms with Crippen LogP contribution in [0.25, 0.3) is 0 Å². The van der Waals surface area contributed by atoms with Gasteiger partial charge in [-0.3, -0.25) is 14.4 Å². The van der Waals surface area contributed by atoms with E-state index in [0.717, 1.165) is 0 Å². The summed E-state index contributed by atoms with van der Waals surface area (Å²) in [5.74, 6) is -2.45. The summed E-state index contributed by atoms with van der Waals surface area (Å²) < 4.78 is -1.26. The summed E-state index contributed by atoms with van der Waals surface area (Å²) in [5.41, 5.74) is 0.449. The number of carbonyl (C=O) groups excluding carboxylic acids is 3. The van der Waals surface area contributed by atoms with Gasteiger partial charge in [-0.2, -0.15) is 25.3 Å². The van der Waals surface area contributed by atoms with E-state index in [1.807, 2.05) is 0 Å². The van der Waals surface area contributed by atoms with Crippen LogP contribution in [-0.4, -0.2) is 58.4 Å². The molecule has 3 amide bonds. The third-order valence-electron chi connectivity index (χ3n) is 3.58. The zero-order chi connectivity index (χ0) is 20.4. The van der Waals surface area contributed by atoms with Gasteiger partial charge < -0.3 is 21.1 Å². The number of nitrogens with one attached hydrogen (secondary N) is 3. The quantitative estimate of drug-likeness (QED) is 0.304. The third kappa shape index (κ3) is 7.92. The molecule has 0 heterocycles. The van der Waals surface area contributed by atoms with E-state index in [4.69, 9.17) is 5.11 Å². The van der Waals surface area contributed by atoms with Crippen molar-refractivity contribution in [3.8, 4) is 0 Å². The molecule has 4 N–H and O–H groups in total. The molecule has 0 aliphatic heterocycles. The largest absolute Gasteiger partial charge is 0.480 e. The Balaban J connectivity index is 2.48. The second kappa shape index (κ2) is 10.8. The van der Waals surface area contributed by atoms with Crippen LogP contribution in [-0.2, 0) is 14.4 Å². The summed E-state index contributed by atoms with van der Waals surface area (Å²) in [6.45, 7) is 1.03. The Bertz CT molecular complexity index is 682. The Kier molecular flexibility index (Phi) is 9.16. The predicted octanol–water partition coefficient (Wildman–Crippen LogP) is 0.110. The molecule has 0 aliphatic rings. The van der Waals surface area contributed by atoms with Gasteiger partial charge in [-0.05, 0) is 31.2 Å². The molecule has 0 aliphatic carbocycles. The van der Waals surface area contributed by atoms with Gasteiger partial charge in [0.1, 0.15) is 10.8 Å². The monoisotopic (exact) mass is 413 g/mol. The van der Waals surface area contributed by atoms with Gasteiger partial charge in [0.2, 0.25) is 11.8 Å². The number of carbonyl (C=O) groups is 4. The van der Waals surface area contributed by atoms with E-state index in [-0.39, 0.29) is 18.9 Å². The fourth-order valence-corrected chi connectivity index (χ4v) is 2.42. The highest BCUT2D eigenvalue weighted by Crippen LogP contribution is 2.12. The molecule has 10 heteroatoms. The normalized spacial score (nSPS) is 13.7. The minimum atomic E-state index is -1.26. The summed E-state index contributed by atoms with van der Waals surface area (Å²) in [6, 6.07) is 7.43. The number of hydrogen-bond acceptors (Lipinski definition) is 6. The van der Waals surface area contributed by atoms with Crippen molar-refractivity contribution in [2.75, 3.05) is 18.8 Å². The van der Waals surface area contributed by atoms with Crippen molar-refractivity contribution in [2.45, 2.75) is 24.1 Å². The average molecular weight is 414 g/mol. The van der Waals surface area contributed by atoms with Gasteiger partial charge in [0.25, 0.3) is 5.91 Å². The predicted molar refractivity (Wildman–Crippen MR) is 107 cm³/mol. The first-order valence-electron chi connectivity index (χ1n) is 8.14. The molecule has 8 nitrogen and oxygen atoms in total. The molecule has 0 fully saturated rings. The van der Waals surface area contributed by atoms with Crippen molar-refractivity contribution in [1.82, 2.24) is 16.0 Å². The highest BCUT2D eigenvalue weighted by atomic mass is 32.1. The molecule has 1 aromatic rings. The second-order valence-corrected chi connectivity index (χ2v) is 7.41. The minimum Gasteiger partial charge on any atom is -0.480 e. The number of amides is 3. The zero-order valence-corrected chi connectivity index (χ0v) is 16.6. The first-order valence-corrected chi connectivity index (χ1v) is 9.22. The zero-order valence-electron chi connectivity index (χ0n) is 14.8. The first kappa shape index (κ1) is 22.8. The van der Waals surface area contributed by atoms with Crippen LogP contribution < -0.4 is 16.0 Å². The number of thiol groups is 2. The fraction of sp³-hybridized carbons (Fsp3) is 0.412. The molecule has 0 radical (unpaired) electrons. The van der Waals surface area contributed by atoms with Gasteiger partial charge in [-0.1, -0.05) is 18.2 Å². The van der Waals surface area contributed by atoms with E-state index in [9.17, 15) is 19.2 Å². The smallest absolute Gasteiger partial charge is 0.326 e. The third-order valence-corrected chi connectivity index (χ3v) is 4.20. The molecule has 0 spiro atoms. The number of carboxylic acids is 1. The topological polar surface area (TPSA) is 125 Å². The van der Waals surface area contributed by atoms with Gasteiger partial charge in [-0.25, -0.2) is 4.79 Å². The molecule has 0 saturated carbocycles. The molecule has 2 atom stereocenters. The van der Waals surface area contributed by atoms with Gasteiger partial charge in [0.05, 0.1) is 6.54 Å². The summed E-state index contributed by atoms with van der Waals surface area (Å²) in [5, 5.41) is 16.3. The van der Waals surface area contributed by atoms with Crippen LogP contribution in [0.3, 0.4) is 0 Å². The minimum absolute atomic E-state index is 0.0608. The van der Waals surface area contributed by atoms with E-state index in [1.54, 1.807) is 30.3 Å². The van der Waals surface area contributed by atoms with Crippen LogP contribution in [0.2, 0.25) is 0 Å². The first-order chi connectivity index (χ1) is 12.7. The molecular formula is C17H23N3O5S2. The Labute approximate surface area is 168 Å². The number of benzene rings is 1. The number of hydrogen-bond donors (Lipinski definition) is 6. The average Bonchev–Trinajstić information content (AvgIpc) is 2.64. The Morgan fingerprint density at radius 3 is 2.33 bits per heavy atom. The SMILES string of the molecule is CC(S)(CNC(=O)c1ccccc1)C(=O)NCC(=O)NC(CCS)C(=O)O. The lowest BCUT2D eigenvalue weighted by Gasteiger charge is -2.23. The molecule has 0 aromatic heterocycles. The van der Waals surface area contributed by atoms with E-state index < -0.39 is 35.1 Å². The summed E-state index contributed by atoms with van der Waals surface area (Å²) in [4.78, 5) is 47.0. The maximum atomic E-state index is 12.2. The van der Waals surface area contributed by atoms with Crippen molar-refractivity contribution in [2.24, 2.45) is 0 Å². The fourth-order valence-electron chi connectivity index (χ4n) is 2.01. The summed E-state index contributed by atoms with van der Waals surface area (Å²) in [6.07, 6.45) is 0.161. The molecule has 0 saturated heterocycles. The number of aliphatic carboxylic acids is 1. The van der Waals surface area contributed by atoms with Crippen LogP contribution in [0.1, 0.15) is 23.7 Å². The van der Waals surface area contributed by atoms with E-state index in [1.165, 1.54) is 6.92 Å². The van der Waals surface area contributed by atoms with Crippen LogP contribution in [0.15, 0.2) is 30.3 Å². The molecule has 0 bridgehead atoms. The number of carboxylic acid groups (broad SMARTS) is 1. The molecule has 2 unspecified atom stereocenters. The molecule has 1 rings (SSSR count). The van der Waals surface area contributed by atoms with Crippen LogP contribution in [0.5, 0.6) is 0 Å². The highest BCUT2D eigenvalue weighted by molar-refractivity contribution is 7.82. The standard InChI is InChI=1S/C17H23N3O5S2/c1-17(27,10-19-14(22)11-5-3-2-4-6-11)16(25)18-9-13(21)20-12(7-8-26)15(23)24/h2-6,12,26-27H,7-10H2,1H3,(H,18,25)(H,19,22)(H,20,21)(H,23,24). The van der Waals surface area contributed by atoms with Crippen molar-refractivity contribution < 1.29 is 24.3 Å². The van der Waals surface area contributed by atoms with Crippen LogP contribution >= 0.6 is 25.3 Å². The van der Waals surface area contributed by atoms with E-state index >= 15 is 0 Å². The van der Waals surface area contributed by atoms with Crippen molar-refractivity contribution in [3.05, 3.63) is 35.9 Å². The van der Waals surface area contributed by atoms with Crippen LogP contribution in [0.4, 0.5) is 0 Å². The van der Waals surface area contributed by atoms with Gasteiger partial charge in [0.15, 0.2) is 0 Å². The van der Waals surface area contributed by atoms with Crippen molar-refractivity contribution in [3.63, 3.8) is 0 Å². The van der Waals surface area contributed by atoms with E-state index in [2.05, 4.69) is 41.2 Å². The lowest BCUT2D eigenvalue weighted by atomic mass is 10.1. The Hall–Kier alpha value is -2.20. The lowest BCUT2D eigenvalue weighted by Crippen LogP contribution is -2.51. The van der Waals surface area contributed by atoms with Gasteiger partial charge in [-0.15, -0.1) is 0 Å². The maximum absolute atomic E-state index is 12.2. The number of rotatable bonds is 10. The maximum Gasteiger partial charge on any atom is 0.326 e. The van der Waals surface area contributed by atoms with E-state index in [0.29, 0.717) is 11.3 Å². The van der Waals surface area contributed by atoms with Gasteiger partial charge >= 0.3 is 5.97 Å². The second-order valence-electron chi connectivity index (χ2n) is 5.98. The summed E-state index contributed by atoms with van der Waals surface area (Å²) in [7, 11) is 0. The van der Waals surface area contributed by atoms with Crippen molar-refractivity contribution in [1.29, 1.82) is 0 Å². The highest BCUT2D eigenvalue weighted by Gasteiger charge is 2.30. The molecular weight excluding hydrogens is 390 g/mol. The Morgan fingerprint density at radius 1 is 1.15 bits per heavy atom.